The fourth-order valence-electron chi connectivity index (χ4n) is 2.22. The molecule has 0 saturated heterocycles. The van der Waals surface area contributed by atoms with Crippen LogP contribution in [0.2, 0.25) is 0 Å². The number of fused-ring (bicyclic) bond motifs is 1. The molecule has 124 valence electrons. The van der Waals surface area contributed by atoms with Crippen molar-refractivity contribution in [2.24, 2.45) is 5.73 Å². The van der Waals surface area contributed by atoms with Crippen LogP contribution in [-0.2, 0) is 21.2 Å². The molecular formula is C14H22ClN3O3S. The first-order valence-electron chi connectivity index (χ1n) is 6.80. The van der Waals surface area contributed by atoms with Crippen LogP contribution >= 0.6 is 12.4 Å². The monoisotopic (exact) mass is 347 g/mol. The third kappa shape index (κ3) is 4.19. The minimum atomic E-state index is -3.63. The van der Waals surface area contributed by atoms with Crippen molar-refractivity contribution in [2.75, 3.05) is 18.0 Å². The molecule has 0 radical (unpaired) electrons. The number of anilines is 1. The summed E-state index contributed by atoms with van der Waals surface area (Å²) < 4.78 is 27.1. The van der Waals surface area contributed by atoms with Gasteiger partial charge in [-0.15, -0.1) is 12.4 Å². The molecule has 8 heteroatoms. The Hall–Kier alpha value is -1.15. The number of hydrogen-bond acceptors (Lipinski definition) is 4. The van der Waals surface area contributed by atoms with Crippen LogP contribution in [0.15, 0.2) is 23.1 Å². The maximum absolute atomic E-state index is 12.3. The molecule has 0 aliphatic carbocycles. The lowest BCUT2D eigenvalue weighted by molar-refractivity contribution is -0.116. The van der Waals surface area contributed by atoms with E-state index in [-0.39, 0.29) is 29.8 Å². The van der Waals surface area contributed by atoms with Gasteiger partial charge in [-0.05, 0) is 38.0 Å². The second kappa shape index (κ2) is 6.54. The van der Waals surface area contributed by atoms with E-state index >= 15 is 0 Å². The number of sulfonamides is 1. The Kier molecular flexibility index (Phi) is 5.61. The quantitative estimate of drug-likeness (QED) is 0.850. The van der Waals surface area contributed by atoms with E-state index in [0.717, 1.165) is 12.0 Å². The Bertz CT molecular complexity index is 668. The predicted octanol–water partition coefficient (Wildman–Crippen LogP) is 1.03. The summed E-state index contributed by atoms with van der Waals surface area (Å²) in [6.07, 6.45) is 0.749. The maximum atomic E-state index is 12.3. The van der Waals surface area contributed by atoms with Gasteiger partial charge in [0.2, 0.25) is 15.9 Å². The van der Waals surface area contributed by atoms with Crippen molar-refractivity contribution < 1.29 is 13.2 Å². The smallest absolute Gasteiger partial charge is 0.240 e. The molecule has 1 aliphatic heterocycles. The topological polar surface area (TPSA) is 92.5 Å². The van der Waals surface area contributed by atoms with Gasteiger partial charge in [0.1, 0.15) is 0 Å². The summed E-state index contributed by atoms with van der Waals surface area (Å²) in [5.41, 5.74) is 6.83. The highest BCUT2D eigenvalue weighted by Gasteiger charge is 2.25. The Morgan fingerprint density at radius 3 is 2.59 bits per heavy atom. The Morgan fingerprint density at radius 1 is 1.41 bits per heavy atom. The predicted molar refractivity (Wildman–Crippen MR) is 88.9 cm³/mol. The first-order valence-corrected chi connectivity index (χ1v) is 8.28. The molecular weight excluding hydrogens is 326 g/mol. The molecule has 1 aliphatic rings. The Balaban J connectivity index is 0.00000242. The van der Waals surface area contributed by atoms with E-state index in [4.69, 9.17) is 5.73 Å². The van der Waals surface area contributed by atoms with Gasteiger partial charge in [-0.1, -0.05) is 6.07 Å². The zero-order chi connectivity index (χ0) is 15.8. The first kappa shape index (κ1) is 18.9. The van der Waals surface area contributed by atoms with Gasteiger partial charge in [0.25, 0.3) is 0 Å². The number of rotatable bonds is 4. The summed E-state index contributed by atoms with van der Waals surface area (Å²) in [6, 6.07) is 4.88. The highest BCUT2D eigenvalue weighted by molar-refractivity contribution is 7.89. The van der Waals surface area contributed by atoms with Gasteiger partial charge in [-0.3, -0.25) is 4.79 Å². The van der Waals surface area contributed by atoms with Gasteiger partial charge in [-0.25, -0.2) is 13.1 Å². The van der Waals surface area contributed by atoms with Crippen molar-refractivity contribution >= 4 is 34.0 Å². The highest BCUT2D eigenvalue weighted by atomic mass is 35.5. The molecule has 1 heterocycles. The normalized spacial score (nSPS) is 14.5. The molecule has 0 aromatic heterocycles. The lowest BCUT2D eigenvalue weighted by atomic mass is 10.1. The number of nitrogens with one attached hydrogen (secondary N) is 1. The van der Waals surface area contributed by atoms with Crippen molar-refractivity contribution in [3.8, 4) is 0 Å². The van der Waals surface area contributed by atoms with Gasteiger partial charge in [0.05, 0.1) is 4.90 Å². The molecule has 1 amide bonds. The molecule has 0 unspecified atom stereocenters. The largest absolute Gasteiger partial charge is 0.324 e. The fourth-order valence-corrected chi connectivity index (χ4v) is 3.46. The van der Waals surface area contributed by atoms with E-state index in [9.17, 15) is 13.2 Å². The second-order valence-corrected chi connectivity index (χ2v) is 7.79. The zero-order valence-corrected chi connectivity index (χ0v) is 14.6. The molecule has 1 aromatic carbocycles. The maximum Gasteiger partial charge on any atom is 0.240 e. The van der Waals surface area contributed by atoms with Crippen molar-refractivity contribution in [3.05, 3.63) is 23.8 Å². The van der Waals surface area contributed by atoms with Crippen molar-refractivity contribution in [2.45, 2.75) is 37.6 Å². The van der Waals surface area contributed by atoms with Crippen LogP contribution in [0.5, 0.6) is 0 Å². The Morgan fingerprint density at radius 2 is 2.05 bits per heavy atom. The molecule has 6 nitrogen and oxygen atoms in total. The third-order valence-electron chi connectivity index (χ3n) is 3.36. The summed E-state index contributed by atoms with van der Waals surface area (Å²) in [4.78, 5) is 13.3. The minimum Gasteiger partial charge on any atom is -0.324 e. The molecule has 1 aromatic rings. The number of carbonyl (C=O) groups excluding carboxylic acids is 1. The van der Waals surface area contributed by atoms with Crippen LogP contribution in [0.25, 0.3) is 0 Å². The molecule has 0 fully saturated rings. The van der Waals surface area contributed by atoms with Crippen molar-refractivity contribution in [1.82, 2.24) is 4.72 Å². The van der Waals surface area contributed by atoms with Gasteiger partial charge in [0, 0.05) is 31.2 Å². The molecule has 0 spiro atoms. The van der Waals surface area contributed by atoms with Crippen LogP contribution < -0.4 is 15.4 Å². The second-order valence-electron chi connectivity index (χ2n) is 6.02. The molecule has 2 rings (SSSR count). The van der Waals surface area contributed by atoms with E-state index in [1.165, 1.54) is 6.92 Å². The fraction of sp³-hybridized carbons (Fsp3) is 0.500. The van der Waals surface area contributed by atoms with Crippen LogP contribution in [0.4, 0.5) is 5.69 Å². The standard InChI is InChI=1S/C14H21N3O3S.ClH/c1-10(18)17-7-6-11-4-5-12(8-13(11)17)21(19,20)16-9-14(2,3)15;/h4-5,8,16H,6-7,9,15H2,1-3H3;1H. The number of halogens is 1. The van der Waals surface area contributed by atoms with Crippen LogP contribution in [0, 0.1) is 0 Å². The molecule has 0 saturated carbocycles. The van der Waals surface area contributed by atoms with Gasteiger partial charge in [-0.2, -0.15) is 0 Å². The van der Waals surface area contributed by atoms with E-state index in [2.05, 4.69) is 4.72 Å². The highest BCUT2D eigenvalue weighted by Crippen LogP contribution is 2.30. The average molecular weight is 348 g/mol. The molecule has 3 N–H and O–H groups in total. The molecule has 0 atom stereocenters. The minimum absolute atomic E-state index is 0. The lowest BCUT2D eigenvalue weighted by Crippen LogP contribution is -2.45. The van der Waals surface area contributed by atoms with Gasteiger partial charge < -0.3 is 10.6 Å². The van der Waals surface area contributed by atoms with E-state index < -0.39 is 15.6 Å². The van der Waals surface area contributed by atoms with E-state index in [1.807, 2.05) is 0 Å². The van der Waals surface area contributed by atoms with Crippen LogP contribution in [-0.4, -0.2) is 33.0 Å². The van der Waals surface area contributed by atoms with Gasteiger partial charge in [0.15, 0.2) is 0 Å². The van der Waals surface area contributed by atoms with Crippen molar-refractivity contribution in [3.63, 3.8) is 0 Å². The Labute approximate surface area is 137 Å². The average Bonchev–Trinajstić information content (AvgIpc) is 2.78. The summed E-state index contributed by atoms with van der Waals surface area (Å²) in [5, 5.41) is 0. The number of benzene rings is 1. The van der Waals surface area contributed by atoms with Gasteiger partial charge >= 0.3 is 0 Å². The van der Waals surface area contributed by atoms with Crippen molar-refractivity contribution in [1.29, 1.82) is 0 Å². The summed E-state index contributed by atoms with van der Waals surface area (Å²) >= 11 is 0. The van der Waals surface area contributed by atoms with Crippen LogP contribution in [0.3, 0.4) is 0 Å². The summed E-state index contributed by atoms with van der Waals surface area (Å²) in [6.45, 7) is 5.71. The van der Waals surface area contributed by atoms with E-state index in [0.29, 0.717) is 12.2 Å². The lowest BCUT2D eigenvalue weighted by Gasteiger charge is -2.20. The summed E-state index contributed by atoms with van der Waals surface area (Å²) in [5.74, 6) is -0.0839. The third-order valence-corrected chi connectivity index (χ3v) is 4.76. The number of hydrogen-bond donors (Lipinski definition) is 2. The number of nitrogens with zero attached hydrogens (tertiary/aromatic N) is 1. The number of carbonyl (C=O) groups is 1. The molecule has 22 heavy (non-hydrogen) atoms. The van der Waals surface area contributed by atoms with Crippen LogP contribution in [0.1, 0.15) is 26.3 Å². The number of nitrogens with two attached hydrogens (primary N) is 1. The zero-order valence-electron chi connectivity index (χ0n) is 12.9. The number of amides is 1. The first-order chi connectivity index (χ1) is 9.60. The molecule has 0 bridgehead atoms. The van der Waals surface area contributed by atoms with E-state index in [1.54, 1.807) is 36.9 Å². The summed E-state index contributed by atoms with van der Waals surface area (Å²) in [7, 11) is -3.63. The SMILES string of the molecule is CC(=O)N1CCc2ccc(S(=O)(=O)NCC(C)(C)N)cc21.Cl.